The van der Waals surface area contributed by atoms with Crippen LogP contribution in [-0.4, -0.2) is 10.2 Å². The van der Waals surface area contributed by atoms with Crippen LogP contribution >= 0.6 is 0 Å². The number of aromatic nitrogens is 2. The van der Waals surface area contributed by atoms with Gasteiger partial charge in [0.2, 0.25) is 0 Å². The van der Waals surface area contributed by atoms with Crippen molar-refractivity contribution in [3.05, 3.63) is 35.0 Å². The summed E-state index contributed by atoms with van der Waals surface area (Å²) in [6.07, 6.45) is 0.965. The number of H-pyrrole nitrogens is 1. The second kappa shape index (κ2) is 4.84. The van der Waals surface area contributed by atoms with Crippen molar-refractivity contribution >= 4 is 5.82 Å². The predicted octanol–water partition coefficient (Wildman–Crippen LogP) is 3.47. The molecule has 96 valence electrons. The number of aryl methyl sites for hydroxylation is 2. The molecule has 0 saturated heterocycles. The molecule has 0 bridgehead atoms. The molecule has 0 amide bonds. The molecule has 0 atom stereocenters. The average Bonchev–Trinajstić information content (AvgIpc) is 2.63. The molecule has 0 aliphatic carbocycles. The Bertz CT molecular complexity index is 553. The van der Waals surface area contributed by atoms with Gasteiger partial charge in [-0.1, -0.05) is 37.6 Å². The second-order valence-electron chi connectivity index (χ2n) is 5.38. The fourth-order valence-corrected chi connectivity index (χ4v) is 2.26. The average molecular weight is 243 g/mol. The molecule has 0 unspecified atom stereocenters. The van der Waals surface area contributed by atoms with E-state index in [0.717, 1.165) is 17.7 Å². The molecule has 0 aliphatic heterocycles. The maximum atomic E-state index is 6.03. The molecule has 2 aromatic rings. The first-order valence-electron chi connectivity index (χ1n) is 6.39. The summed E-state index contributed by atoms with van der Waals surface area (Å²) in [5.41, 5.74) is 11.9. The molecule has 3 N–H and O–H groups in total. The minimum Gasteiger partial charge on any atom is -0.382 e. The molecule has 3 nitrogen and oxygen atoms in total. The van der Waals surface area contributed by atoms with E-state index in [9.17, 15) is 0 Å². The van der Waals surface area contributed by atoms with Gasteiger partial charge in [-0.3, -0.25) is 5.10 Å². The zero-order chi connectivity index (χ0) is 13.3. The van der Waals surface area contributed by atoms with E-state index in [1.165, 1.54) is 16.7 Å². The van der Waals surface area contributed by atoms with Gasteiger partial charge in [0.1, 0.15) is 0 Å². The molecular weight excluding hydrogens is 222 g/mol. The highest BCUT2D eigenvalue weighted by atomic mass is 15.2. The van der Waals surface area contributed by atoms with Crippen LogP contribution in [-0.2, 0) is 6.42 Å². The topological polar surface area (TPSA) is 54.7 Å². The number of benzene rings is 1. The summed E-state index contributed by atoms with van der Waals surface area (Å²) in [7, 11) is 0. The summed E-state index contributed by atoms with van der Waals surface area (Å²) in [6.45, 7) is 8.61. The molecule has 18 heavy (non-hydrogen) atoms. The van der Waals surface area contributed by atoms with Crippen LogP contribution in [0.2, 0.25) is 0 Å². The van der Waals surface area contributed by atoms with Gasteiger partial charge >= 0.3 is 0 Å². The van der Waals surface area contributed by atoms with Crippen LogP contribution < -0.4 is 5.73 Å². The van der Waals surface area contributed by atoms with Crippen molar-refractivity contribution in [3.8, 4) is 11.1 Å². The third-order valence-electron chi connectivity index (χ3n) is 3.14. The molecule has 0 aliphatic rings. The fourth-order valence-electron chi connectivity index (χ4n) is 2.26. The zero-order valence-corrected chi connectivity index (χ0v) is 11.5. The van der Waals surface area contributed by atoms with Crippen molar-refractivity contribution in [2.75, 3.05) is 5.73 Å². The van der Waals surface area contributed by atoms with Gasteiger partial charge in [0.05, 0.1) is 0 Å². The van der Waals surface area contributed by atoms with Crippen LogP contribution in [0.25, 0.3) is 11.1 Å². The smallest absolute Gasteiger partial charge is 0.153 e. The highest BCUT2D eigenvalue weighted by Crippen LogP contribution is 2.32. The Morgan fingerprint density at radius 3 is 2.67 bits per heavy atom. The van der Waals surface area contributed by atoms with E-state index in [1.54, 1.807) is 0 Å². The van der Waals surface area contributed by atoms with E-state index in [-0.39, 0.29) is 0 Å². The van der Waals surface area contributed by atoms with E-state index >= 15 is 0 Å². The van der Waals surface area contributed by atoms with E-state index in [4.69, 9.17) is 5.73 Å². The minimum atomic E-state index is 0.578. The number of anilines is 1. The van der Waals surface area contributed by atoms with E-state index in [0.29, 0.717) is 11.7 Å². The molecular formula is C15H21N3. The number of hydrogen-bond acceptors (Lipinski definition) is 2. The zero-order valence-electron chi connectivity index (χ0n) is 11.5. The van der Waals surface area contributed by atoms with E-state index in [1.807, 2.05) is 0 Å². The first kappa shape index (κ1) is 12.7. The molecule has 1 aromatic heterocycles. The van der Waals surface area contributed by atoms with Gasteiger partial charge in [0.15, 0.2) is 5.82 Å². The Morgan fingerprint density at radius 2 is 2.00 bits per heavy atom. The summed E-state index contributed by atoms with van der Waals surface area (Å²) in [4.78, 5) is 0. The van der Waals surface area contributed by atoms with Gasteiger partial charge in [0.25, 0.3) is 0 Å². The first-order valence-corrected chi connectivity index (χ1v) is 6.39. The monoisotopic (exact) mass is 243 g/mol. The summed E-state index contributed by atoms with van der Waals surface area (Å²) >= 11 is 0. The third-order valence-corrected chi connectivity index (χ3v) is 3.14. The van der Waals surface area contributed by atoms with Crippen molar-refractivity contribution < 1.29 is 0 Å². The first-order chi connectivity index (χ1) is 8.49. The standard InChI is InChI=1S/C15H21N3/c1-9(2)7-13-14(15(16)18-17-13)12-8-10(3)5-6-11(12)4/h5-6,8-9H,7H2,1-4H3,(H3,16,17,18). The van der Waals surface area contributed by atoms with Crippen molar-refractivity contribution in [1.82, 2.24) is 10.2 Å². The summed E-state index contributed by atoms with van der Waals surface area (Å²) in [6, 6.07) is 6.44. The molecule has 0 fully saturated rings. The lowest BCUT2D eigenvalue weighted by Crippen LogP contribution is -1.98. The van der Waals surface area contributed by atoms with Gasteiger partial charge in [-0.05, 0) is 37.3 Å². The Hall–Kier alpha value is -1.77. The van der Waals surface area contributed by atoms with Crippen LogP contribution in [0.15, 0.2) is 18.2 Å². The van der Waals surface area contributed by atoms with Crippen LogP contribution in [0.4, 0.5) is 5.82 Å². The maximum Gasteiger partial charge on any atom is 0.153 e. The largest absolute Gasteiger partial charge is 0.382 e. The molecule has 1 aromatic carbocycles. The van der Waals surface area contributed by atoms with Crippen molar-refractivity contribution in [2.45, 2.75) is 34.1 Å². The van der Waals surface area contributed by atoms with Gasteiger partial charge < -0.3 is 5.73 Å². The van der Waals surface area contributed by atoms with Gasteiger partial charge in [-0.15, -0.1) is 0 Å². The van der Waals surface area contributed by atoms with Gasteiger partial charge in [-0.2, -0.15) is 5.10 Å². The minimum absolute atomic E-state index is 0.578. The molecule has 2 rings (SSSR count). The Balaban J connectivity index is 2.55. The lowest BCUT2D eigenvalue weighted by molar-refractivity contribution is 0.634. The molecule has 0 spiro atoms. The summed E-state index contributed by atoms with van der Waals surface area (Å²) in [5.74, 6) is 1.17. The number of nitrogens with two attached hydrogens (primary N) is 1. The van der Waals surface area contributed by atoms with Crippen LogP contribution in [0.3, 0.4) is 0 Å². The van der Waals surface area contributed by atoms with Crippen molar-refractivity contribution in [1.29, 1.82) is 0 Å². The number of rotatable bonds is 3. The van der Waals surface area contributed by atoms with E-state index < -0.39 is 0 Å². The highest BCUT2D eigenvalue weighted by molar-refractivity contribution is 5.78. The van der Waals surface area contributed by atoms with Crippen molar-refractivity contribution in [3.63, 3.8) is 0 Å². The van der Waals surface area contributed by atoms with Gasteiger partial charge in [0, 0.05) is 11.3 Å². The Morgan fingerprint density at radius 1 is 1.28 bits per heavy atom. The molecule has 0 radical (unpaired) electrons. The van der Waals surface area contributed by atoms with Gasteiger partial charge in [-0.25, -0.2) is 0 Å². The second-order valence-corrected chi connectivity index (χ2v) is 5.38. The van der Waals surface area contributed by atoms with Crippen LogP contribution in [0, 0.1) is 19.8 Å². The highest BCUT2D eigenvalue weighted by Gasteiger charge is 2.15. The number of nitrogens with zero attached hydrogens (tertiary/aromatic N) is 1. The lowest BCUT2D eigenvalue weighted by atomic mass is 9.95. The molecule has 1 heterocycles. The lowest BCUT2D eigenvalue weighted by Gasteiger charge is -2.10. The van der Waals surface area contributed by atoms with Crippen LogP contribution in [0.5, 0.6) is 0 Å². The van der Waals surface area contributed by atoms with Crippen molar-refractivity contribution in [2.24, 2.45) is 5.92 Å². The summed E-state index contributed by atoms with van der Waals surface area (Å²) < 4.78 is 0. The SMILES string of the molecule is Cc1ccc(C)c(-c2c(N)n[nH]c2CC(C)C)c1. The third kappa shape index (κ3) is 2.40. The molecule has 0 saturated carbocycles. The number of nitrogens with one attached hydrogen (secondary N) is 1. The number of hydrogen-bond donors (Lipinski definition) is 2. The summed E-state index contributed by atoms with van der Waals surface area (Å²) in [5, 5.41) is 7.25. The predicted molar refractivity (Wildman–Crippen MR) is 76.5 cm³/mol. The Kier molecular flexibility index (Phi) is 3.41. The maximum absolute atomic E-state index is 6.03. The fraction of sp³-hybridized carbons (Fsp3) is 0.400. The van der Waals surface area contributed by atoms with Crippen LogP contribution in [0.1, 0.15) is 30.7 Å². The molecule has 3 heteroatoms. The normalized spacial score (nSPS) is 11.2. The van der Waals surface area contributed by atoms with E-state index in [2.05, 4.69) is 56.1 Å². The number of nitrogen functional groups attached to an aromatic ring is 1. The Labute approximate surface area is 108 Å². The quantitative estimate of drug-likeness (QED) is 0.867. The number of aromatic amines is 1.